The maximum Gasteiger partial charge on any atom is 0.286 e. The molecular formula is C8H5BrN2OS2. The number of carbonyl (C=O) groups is 1. The van der Waals surface area contributed by atoms with Gasteiger partial charge in [-0.15, -0.1) is 11.3 Å². The fourth-order valence-electron chi connectivity index (χ4n) is 0.961. The Balaban J connectivity index is 2.25. The van der Waals surface area contributed by atoms with Crippen LogP contribution in [0.1, 0.15) is 4.88 Å². The van der Waals surface area contributed by atoms with E-state index in [4.69, 9.17) is 5.73 Å². The summed E-state index contributed by atoms with van der Waals surface area (Å²) in [6, 6.07) is 3.87. The molecule has 0 saturated carbocycles. The second-order valence-electron chi connectivity index (χ2n) is 2.51. The first kappa shape index (κ1) is 9.95. The second-order valence-corrected chi connectivity index (χ2v) is 6.06. The maximum absolute atomic E-state index is 11.2. The van der Waals surface area contributed by atoms with E-state index in [-0.39, 0.29) is 5.91 Å². The van der Waals surface area contributed by atoms with Gasteiger partial charge >= 0.3 is 0 Å². The normalized spacial score (nSPS) is 19.1. The van der Waals surface area contributed by atoms with Crippen LogP contribution in [0.5, 0.6) is 0 Å². The molecule has 14 heavy (non-hydrogen) atoms. The van der Waals surface area contributed by atoms with Crippen molar-refractivity contribution < 1.29 is 4.79 Å². The average molecular weight is 289 g/mol. The van der Waals surface area contributed by atoms with E-state index in [1.54, 1.807) is 17.4 Å². The number of amides is 1. The van der Waals surface area contributed by atoms with E-state index in [0.717, 1.165) is 8.66 Å². The molecule has 0 bridgehead atoms. The third-order valence-electron chi connectivity index (χ3n) is 1.50. The Morgan fingerprint density at radius 3 is 2.79 bits per heavy atom. The molecule has 72 valence electrons. The molecule has 6 heteroatoms. The third kappa shape index (κ3) is 2.08. The Labute approximate surface area is 97.2 Å². The minimum atomic E-state index is -0.253. The Hall–Kier alpha value is -0.590. The van der Waals surface area contributed by atoms with Crippen LogP contribution >= 0.6 is 39.0 Å². The first-order chi connectivity index (χ1) is 6.65. The van der Waals surface area contributed by atoms with Gasteiger partial charge in [0.05, 0.1) is 8.69 Å². The number of carbonyl (C=O) groups excluding carboxylic acids is 1. The summed E-state index contributed by atoms with van der Waals surface area (Å²) in [4.78, 5) is 16.4. The van der Waals surface area contributed by atoms with Gasteiger partial charge in [-0.05, 0) is 45.9 Å². The van der Waals surface area contributed by atoms with Crippen LogP contribution < -0.4 is 5.73 Å². The Kier molecular flexibility index (Phi) is 2.76. The molecule has 1 amide bonds. The van der Waals surface area contributed by atoms with Crippen LogP contribution in [0.25, 0.3) is 6.08 Å². The largest absolute Gasteiger partial charge is 0.378 e. The van der Waals surface area contributed by atoms with Gasteiger partial charge < -0.3 is 5.73 Å². The summed E-state index contributed by atoms with van der Waals surface area (Å²) in [5.74, 6) is -0.253. The molecule has 1 aromatic rings. The quantitative estimate of drug-likeness (QED) is 0.808. The predicted octanol–water partition coefficient (Wildman–Crippen LogP) is 2.44. The molecule has 0 spiro atoms. The SMILES string of the molecule is NC1=NC(=O)/C(=C/c2ccc(Br)s2)S1. The number of thiophene rings is 1. The van der Waals surface area contributed by atoms with Gasteiger partial charge in [0, 0.05) is 4.88 Å². The summed E-state index contributed by atoms with van der Waals surface area (Å²) in [6.45, 7) is 0. The number of amidine groups is 1. The van der Waals surface area contributed by atoms with Gasteiger partial charge in [0.1, 0.15) is 0 Å². The molecule has 0 saturated heterocycles. The van der Waals surface area contributed by atoms with Crippen LogP contribution in [0, 0.1) is 0 Å². The smallest absolute Gasteiger partial charge is 0.286 e. The standard InChI is InChI=1S/C8H5BrN2OS2/c9-6-2-1-4(13-6)3-5-7(12)11-8(10)14-5/h1-3H,(H2,10,11,12)/b5-3-. The summed E-state index contributed by atoms with van der Waals surface area (Å²) in [5.41, 5.74) is 5.42. The van der Waals surface area contributed by atoms with Gasteiger partial charge in [-0.2, -0.15) is 4.99 Å². The van der Waals surface area contributed by atoms with E-state index in [9.17, 15) is 4.79 Å². The highest BCUT2D eigenvalue weighted by molar-refractivity contribution is 9.11. The lowest BCUT2D eigenvalue weighted by molar-refractivity contribution is -0.113. The number of rotatable bonds is 1. The van der Waals surface area contributed by atoms with Crippen molar-refractivity contribution in [1.82, 2.24) is 0 Å². The molecule has 2 N–H and O–H groups in total. The van der Waals surface area contributed by atoms with Crippen molar-refractivity contribution in [3.63, 3.8) is 0 Å². The van der Waals surface area contributed by atoms with Crippen LogP contribution in [-0.2, 0) is 4.79 Å². The number of nitrogens with two attached hydrogens (primary N) is 1. The van der Waals surface area contributed by atoms with Crippen LogP contribution in [0.15, 0.2) is 25.8 Å². The molecule has 2 heterocycles. The monoisotopic (exact) mass is 288 g/mol. The van der Waals surface area contributed by atoms with Crippen LogP contribution in [0.3, 0.4) is 0 Å². The second kappa shape index (κ2) is 3.88. The molecule has 0 aliphatic carbocycles. The number of halogens is 1. The minimum absolute atomic E-state index is 0.253. The Morgan fingerprint density at radius 2 is 2.29 bits per heavy atom. The third-order valence-corrected chi connectivity index (χ3v) is 3.89. The van der Waals surface area contributed by atoms with Crippen molar-refractivity contribution in [2.75, 3.05) is 0 Å². The average Bonchev–Trinajstić information content (AvgIpc) is 2.61. The minimum Gasteiger partial charge on any atom is -0.378 e. The van der Waals surface area contributed by atoms with E-state index in [0.29, 0.717) is 10.1 Å². The number of hydrogen-bond donors (Lipinski definition) is 1. The molecular weight excluding hydrogens is 284 g/mol. The zero-order valence-electron chi connectivity index (χ0n) is 6.86. The number of aliphatic imine (C=N–C) groups is 1. The summed E-state index contributed by atoms with van der Waals surface area (Å²) in [7, 11) is 0. The molecule has 1 aromatic heterocycles. The molecule has 0 radical (unpaired) electrons. The Bertz CT molecular complexity index is 450. The van der Waals surface area contributed by atoms with E-state index in [1.165, 1.54) is 11.8 Å². The highest BCUT2D eigenvalue weighted by Crippen LogP contribution is 2.30. The molecule has 0 aromatic carbocycles. The number of thioether (sulfide) groups is 1. The lowest BCUT2D eigenvalue weighted by atomic mass is 10.4. The van der Waals surface area contributed by atoms with Crippen molar-refractivity contribution in [3.8, 4) is 0 Å². The topological polar surface area (TPSA) is 55.4 Å². The van der Waals surface area contributed by atoms with E-state index in [1.807, 2.05) is 12.1 Å². The van der Waals surface area contributed by atoms with Crippen molar-refractivity contribution in [3.05, 3.63) is 25.7 Å². The van der Waals surface area contributed by atoms with E-state index in [2.05, 4.69) is 20.9 Å². The van der Waals surface area contributed by atoms with Crippen molar-refractivity contribution in [2.45, 2.75) is 0 Å². The van der Waals surface area contributed by atoms with Gasteiger partial charge in [0.2, 0.25) is 0 Å². The summed E-state index contributed by atoms with van der Waals surface area (Å²) in [5, 5.41) is 0.317. The molecule has 1 aliphatic rings. The zero-order valence-corrected chi connectivity index (χ0v) is 10.1. The van der Waals surface area contributed by atoms with Crippen molar-refractivity contribution in [1.29, 1.82) is 0 Å². The van der Waals surface area contributed by atoms with Gasteiger partial charge in [-0.1, -0.05) is 0 Å². The van der Waals surface area contributed by atoms with Gasteiger partial charge in [-0.25, -0.2) is 0 Å². The highest BCUT2D eigenvalue weighted by atomic mass is 79.9. The van der Waals surface area contributed by atoms with E-state index < -0.39 is 0 Å². The van der Waals surface area contributed by atoms with Gasteiger partial charge in [0.25, 0.3) is 5.91 Å². The molecule has 3 nitrogen and oxygen atoms in total. The van der Waals surface area contributed by atoms with Crippen molar-refractivity contribution >= 4 is 56.2 Å². The van der Waals surface area contributed by atoms with Crippen LogP contribution in [0.2, 0.25) is 0 Å². The molecule has 0 unspecified atom stereocenters. The maximum atomic E-state index is 11.2. The fourth-order valence-corrected chi connectivity index (χ4v) is 3.07. The molecule has 1 aliphatic heterocycles. The zero-order chi connectivity index (χ0) is 10.1. The molecule has 0 atom stereocenters. The van der Waals surface area contributed by atoms with Crippen molar-refractivity contribution in [2.24, 2.45) is 10.7 Å². The van der Waals surface area contributed by atoms with Crippen LogP contribution in [-0.4, -0.2) is 11.1 Å². The van der Waals surface area contributed by atoms with Gasteiger partial charge in [-0.3, -0.25) is 4.79 Å². The lowest BCUT2D eigenvalue weighted by Gasteiger charge is -1.89. The molecule has 0 fully saturated rings. The van der Waals surface area contributed by atoms with Crippen LogP contribution in [0.4, 0.5) is 0 Å². The summed E-state index contributed by atoms with van der Waals surface area (Å²) >= 11 is 6.12. The lowest BCUT2D eigenvalue weighted by Crippen LogP contribution is -2.01. The number of nitrogens with zero attached hydrogens (tertiary/aromatic N) is 1. The fraction of sp³-hybridized carbons (Fsp3) is 0. The van der Waals surface area contributed by atoms with E-state index >= 15 is 0 Å². The first-order valence-corrected chi connectivity index (χ1v) is 6.11. The summed E-state index contributed by atoms with van der Waals surface area (Å²) < 4.78 is 1.04. The number of hydrogen-bond acceptors (Lipinski definition) is 4. The molecule has 2 rings (SSSR count). The highest BCUT2D eigenvalue weighted by Gasteiger charge is 2.19. The first-order valence-electron chi connectivity index (χ1n) is 3.68. The summed E-state index contributed by atoms with van der Waals surface area (Å²) in [6.07, 6.45) is 1.80. The Morgan fingerprint density at radius 1 is 1.50 bits per heavy atom. The predicted molar refractivity (Wildman–Crippen MR) is 64.2 cm³/mol. The van der Waals surface area contributed by atoms with Gasteiger partial charge in [0.15, 0.2) is 5.17 Å².